The Balaban J connectivity index is 2.45. The molecule has 0 fully saturated rings. The van der Waals surface area contributed by atoms with Crippen molar-refractivity contribution >= 4 is 23.5 Å². The highest BCUT2D eigenvalue weighted by atomic mass is 14.8. The van der Waals surface area contributed by atoms with E-state index < -0.39 is 0 Å². The third kappa shape index (κ3) is 1.79. The zero-order valence-electron chi connectivity index (χ0n) is 8.44. The summed E-state index contributed by atoms with van der Waals surface area (Å²) in [7, 11) is 1.71. The third-order valence-corrected chi connectivity index (χ3v) is 2.30. The lowest BCUT2D eigenvalue weighted by Crippen LogP contribution is -2.01. The van der Waals surface area contributed by atoms with Crippen molar-refractivity contribution in [3.8, 4) is 0 Å². The fraction of sp³-hybridized carbons (Fsp3) is 0.182. The molecule has 0 saturated heterocycles. The van der Waals surface area contributed by atoms with Crippen molar-refractivity contribution in [3.05, 3.63) is 30.1 Å². The molecule has 2 N–H and O–H groups in total. The Bertz CT molecular complexity index is 498. The highest BCUT2D eigenvalue weighted by Crippen LogP contribution is 2.16. The van der Waals surface area contributed by atoms with Crippen LogP contribution in [0.4, 0.5) is 0 Å². The van der Waals surface area contributed by atoms with Crippen LogP contribution in [-0.2, 0) is 0 Å². The van der Waals surface area contributed by atoms with E-state index >= 15 is 0 Å². The molecule has 0 saturated carbocycles. The van der Waals surface area contributed by atoms with Gasteiger partial charge in [0.15, 0.2) is 0 Å². The summed E-state index contributed by atoms with van der Waals surface area (Å²) in [6.07, 6.45) is 6.73. The summed E-state index contributed by atoms with van der Waals surface area (Å²) in [5, 5.41) is 8.38. The highest BCUT2D eigenvalue weighted by molar-refractivity contribution is 5.90. The van der Waals surface area contributed by atoms with E-state index in [4.69, 9.17) is 5.41 Å². The molecule has 0 spiro atoms. The molecular weight excluding hydrogens is 188 g/mol. The molecule has 0 aliphatic rings. The zero-order chi connectivity index (χ0) is 10.7. The maximum absolute atomic E-state index is 7.32. The van der Waals surface area contributed by atoms with Gasteiger partial charge in [-0.15, -0.1) is 0 Å². The number of hydrogen-bond donors (Lipinski definition) is 2. The lowest BCUT2D eigenvalue weighted by Gasteiger charge is -2.05. The summed E-state index contributed by atoms with van der Waals surface area (Å²) in [5.74, 6) is -0.0817. The molecule has 0 bridgehead atoms. The molecule has 0 amide bonds. The van der Waals surface area contributed by atoms with Gasteiger partial charge in [-0.05, 0) is 17.7 Å². The van der Waals surface area contributed by atoms with E-state index in [1.807, 2.05) is 18.3 Å². The summed E-state index contributed by atoms with van der Waals surface area (Å²) in [5.41, 5.74) is 1.86. The largest absolute Gasteiger partial charge is 0.346 e. The van der Waals surface area contributed by atoms with E-state index in [9.17, 15) is 0 Å². The molecule has 2 aromatic heterocycles. The molecule has 2 aromatic rings. The number of aliphatic imine (C=N–C) groups is 1. The van der Waals surface area contributed by atoms with Crippen molar-refractivity contribution in [1.29, 1.82) is 5.41 Å². The highest BCUT2D eigenvalue weighted by Gasteiger charge is 2.06. The molecule has 76 valence electrons. The van der Waals surface area contributed by atoms with Crippen LogP contribution in [0.5, 0.6) is 0 Å². The average Bonchev–Trinajstić information content (AvgIpc) is 2.72. The summed E-state index contributed by atoms with van der Waals surface area (Å²) in [4.78, 5) is 11.2. The smallest absolute Gasteiger partial charge is 0.137 e. The zero-order valence-corrected chi connectivity index (χ0v) is 8.44. The van der Waals surface area contributed by atoms with E-state index in [1.165, 1.54) is 6.21 Å². The first-order valence-electron chi connectivity index (χ1n) is 4.71. The normalized spacial score (nSPS) is 13.4. The maximum Gasteiger partial charge on any atom is 0.137 e. The first-order chi connectivity index (χ1) is 7.35. The van der Waals surface area contributed by atoms with E-state index in [-0.39, 0.29) is 5.92 Å². The Labute approximate surface area is 87.6 Å². The van der Waals surface area contributed by atoms with Crippen molar-refractivity contribution in [2.24, 2.45) is 4.99 Å². The van der Waals surface area contributed by atoms with Crippen LogP contribution in [0.1, 0.15) is 11.5 Å². The monoisotopic (exact) mass is 200 g/mol. The molecule has 2 rings (SSSR count). The summed E-state index contributed by atoms with van der Waals surface area (Å²) in [6, 6.07) is 3.99. The van der Waals surface area contributed by atoms with Gasteiger partial charge in [0.05, 0.1) is 5.92 Å². The Hall–Kier alpha value is -1.97. The Morgan fingerprint density at radius 1 is 1.60 bits per heavy atom. The molecule has 4 nitrogen and oxygen atoms in total. The van der Waals surface area contributed by atoms with Crippen LogP contribution in [0.2, 0.25) is 0 Å². The van der Waals surface area contributed by atoms with Crippen LogP contribution in [0.15, 0.2) is 29.5 Å². The van der Waals surface area contributed by atoms with E-state index in [0.29, 0.717) is 0 Å². The summed E-state index contributed by atoms with van der Waals surface area (Å²) < 4.78 is 0. The third-order valence-electron chi connectivity index (χ3n) is 2.30. The predicted molar refractivity (Wildman–Crippen MR) is 62.0 cm³/mol. The van der Waals surface area contributed by atoms with Gasteiger partial charge in [0.1, 0.15) is 5.65 Å². The molecular formula is C11H12N4. The lowest BCUT2D eigenvalue weighted by molar-refractivity contribution is 1.18. The molecule has 1 atom stereocenters. The van der Waals surface area contributed by atoms with Crippen LogP contribution < -0.4 is 0 Å². The lowest BCUT2D eigenvalue weighted by atomic mass is 10.0. The second kappa shape index (κ2) is 4.04. The van der Waals surface area contributed by atoms with Gasteiger partial charge in [-0.2, -0.15) is 0 Å². The number of fused-ring (bicyclic) bond motifs is 1. The number of pyridine rings is 1. The van der Waals surface area contributed by atoms with Crippen molar-refractivity contribution in [3.63, 3.8) is 0 Å². The van der Waals surface area contributed by atoms with Crippen LogP contribution in [0, 0.1) is 5.41 Å². The van der Waals surface area contributed by atoms with Gasteiger partial charge in [-0.3, -0.25) is 4.99 Å². The van der Waals surface area contributed by atoms with Crippen LogP contribution in [-0.4, -0.2) is 29.4 Å². The minimum Gasteiger partial charge on any atom is -0.346 e. The average molecular weight is 200 g/mol. The first kappa shape index (κ1) is 9.58. The van der Waals surface area contributed by atoms with Gasteiger partial charge in [0.25, 0.3) is 0 Å². The summed E-state index contributed by atoms with van der Waals surface area (Å²) >= 11 is 0. The molecule has 2 heterocycles. The van der Waals surface area contributed by atoms with Crippen molar-refractivity contribution in [2.45, 2.75) is 5.92 Å². The van der Waals surface area contributed by atoms with Gasteiger partial charge in [-0.1, -0.05) is 0 Å². The maximum atomic E-state index is 7.32. The van der Waals surface area contributed by atoms with E-state index in [2.05, 4.69) is 15.0 Å². The SMILES string of the molecule is CN=CC(C=N)c1cnc2[nH]ccc2c1. The fourth-order valence-electron chi connectivity index (χ4n) is 1.53. The Morgan fingerprint density at radius 3 is 3.20 bits per heavy atom. The second-order valence-electron chi connectivity index (χ2n) is 3.28. The van der Waals surface area contributed by atoms with Gasteiger partial charge < -0.3 is 10.4 Å². The van der Waals surface area contributed by atoms with Gasteiger partial charge in [0.2, 0.25) is 0 Å². The molecule has 4 heteroatoms. The topological polar surface area (TPSA) is 64.9 Å². The molecule has 0 aliphatic heterocycles. The minimum absolute atomic E-state index is 0.0817. The fourth-order valence-corrected chi connectivity index (χ4v) is 1.53. The summed E-state index contributed by atoms with van der Waals surface area (Å²) in [6.45, 7) is 0. The molecule has 0 aliphatic carbocycles. The number of aromatic amines is 1. The van der Waals surface area contributed by atoms with E-state index in [0.717, 1.165) is 16.6 Å². The Kier molecular flexibility index (Phi) is 2.58. The second-order valence-corrected chi connectivity index (χ2v) is 3.28. The number of H-pyrrole nitrogens is 1. The number of aromatic nitrogens is 2. The van der Waals surface area contributed by atoms with Crippen LogP contribution >= 0.6 is 0 Å². The molecule has 1 unspecified atom stereocenters. The number of rotatable bonds is 3. The molecule has 15 heavy (non-hydrogen) atoms. The number of nitrogens with one attached hydrogen (secondary N) is 2. The number of nitrogens with zero attached hydrogens (tertiary/aromatic N) is 2. The minimum atomic E-state index is -0.0817. The van der Waals surface area contributed by atoms with Gasteiger partial charge in [0, 0.05) is 37.3 Å². The molecule has 0 aromatic carbocycles. The predicted octanol–water partition coefficient (Wildman–Crippen LogP) is 2.00. The van der Waals surface area contributed by atoms with Gasteiger partial charge in [-0.25, -0.2) is 4.98 Å². The van der Waals surface area contributed by atoms with Gasteiger partial charge >= 0.3 is 0 Å². The number of hydrogen-bond acceptors (Lipinski definition) is 3. The van der Waals surface area contributed by atoms with Crippen molar-refractivity contribution in [2.75, 3.05) is 7.05 Å². The van der Waals surface area contributed by atoms with Crippen molar-refractivity contribution < 1.29 is 0 Å². The van der Waals surface area contributed by atoms with Crippen LogP contribution in [0.25, 0.3) is 11.0 Å². The quantitative estimate of drug-likeness (QED) is 0.731. The molecule has 0 radical (unpaired) electrons. The standard InChI is InChI=1S/C11H12N4/c1-13-6-10(5-12)9-4-8-2-3-14-11(8)15-7-9/h2-7,10,12H,1H3,(H,14,15). The van der Waals surface area contributed by atoms with E-state index in [1.54, 1.807) is 19.5 Å². The van der Waals surface area contributed by atoms with Crippen molar-refractivity contribution in [1.82, 2.24) is 9.97 Å². The first-order valence-corrected chi connectivity index (χ1v) is 4.71. The Morgan fingerprint density at radius 2 is 2.47 bits per heavy atom. The van der Waals surface area contributed by atoms with Crippen LogP contribution in [0.3, 0.4) is 0 Å².